The number of nitrogens with zero attached hydrogens (tertiary/aromatic N) is 5. The number of cyclic esters (lactones) is 1. The van der Waals surface area contributed by atoms with Gasteiger partial charge in [0.2, 0.25) is 0 Å². The van der Waals surface area contributed by atoms with Gasteiger partial charge >= 0.3 is 6.09 Å². The summed E-state index contributed by atoms with van der Waals surface area (Å²) in [6.07, 6.45) is 4.58. The molecule has 2 aliphatic rings. The summed E-state index contributed by atoms with van der Waals surface area (Å²) in [6, 6.07) is 5.31. The molecule has 2 fully saturated rings. The molecule has 1 N–H and O–H groups in total. The maximum Gasteiger partial charge on any atom is 0.414 e. The molecule has 0 radical (unpaired) electrons. The zero-order valence-electron chi connectivity index (χ0n) is 15.2. The first-order valence-corrected chi connectivity index (χ1v) is 9.18. The third kappa shape index (κ3) is 3.73. The van der Waals surface area contributed by atoms with Crippen molar-refractivity contribution in [2.45, 2.75) is 31.5 Å². The molecule has 1 aromatic carbocycles. The Balaban J connectivity index is 1.46. The molecule has 2 saturated heterocycles. The van der Waals surface area contributed by atoms with Crippen LogP contribution in [0.5, 0.6) is 0 Å². The first-order chi connectivity index (χ1) is 13.1. The molecule has 1 unspecified atom stereocenters. The van der Waals surface area contributed by atoms with Crippen LogP contribution in [-0.4, -0.2) is 59.9 Å². The van der Waals surface area contributed by atoms with Crippen LogP contribution in [0.3, 0.4) is 0 Å². The van der Waals surface area contributed by atoms with Crippen molar-refractivity contribution in [2.75, 3.05) is 36.5 Å². The van der Waals surface area contributed by atoms with Gasteiger partial charge in [-0.15, -0.1) is 5.10 Å². The van der Waals surface area contributed by atoms with E-state index < -0.39 is 6.09 Å². The maximum absolute atomic E-state index is 14.8. The van der Waals surface area contributed by atoms with Crippen molar-refractivity contribution in [3.05, 3.63) is 36.4 Å². The number of anilines is 2. The van der Waals surface area contributed by atoms with Crippen molar-refractivity contribution in [2.24, 2.45) is 0 Å². The minimum absolute atomic E-state index is 0.322. The molecular formula is C18H23FN6O2. The molecular weight excluding hydrogens is 351 g/mol. The number of amides is 1. The molecule has 2 aliphatic heterocycles. The number of likely N-dealkylation sites (N-methyl/N-ethyl adjacent to an activating group) is 1. The molecule has 9 heteroatoms. The van der Waals surface area contributed by atoms with E-state index in [2.05, 4.69) is 20.5 Å². The Labute approximate surface area is 156 Å². The fraction of sp³-hybridized carbons (Fsp3) is 0.500. The number of rotatable bonds is 5. The summed E-state index contributed by atoms with van der Waals surface area (Å²) in [5, 5.41) is 10.9. The van der Waals surface area contributed by atoms with Crippen LogP contribution in [0.4, 0.5) is 20.6 Å². The van der Waals surface area contributed by atoms with Crippen molar-refractivity contribution in [1.29, 1.82) is 0 Å². The van der Waals surface area contributed by atoms with Crippen LogP contribution in [-0.2, 0) is 11.3 Å². The fourth-order valence-corrected chi connectivity index (χ4v) is 3.72. The van der Waals surface area contributed by atoms with Crippen LogP contribution in [0.1, 0.15) is 12.8 Å². The van der Waals surface area contributed by atoms with Crippen LogP contribution in [0.15, 0.2) is 30.6 Å². The smallest absolute Gasteiger partial charge is 0.414 e. The number of halogens is 1. The van der Waals surface area contributed by atoms with Gasteiger partial charge < -0.3 is 15.0 Å². The van der Waals surface area contributed by atoms with Gasteiger partial charge in [-0.1, -0.05) is 5.21 Å². The lowest BCUT2D eigenvalue weighted by Crippen LogP contribution is -2.44. The highest BCUT2D eigenvalue weighted by atomic mass is 19.1. The predicted molar refractivity (Wildman–Crippen MR) is 98.3 cm³/mol. The second-order valence-electron chi connectivity index (χ2n) is 6.95. The minimum atomic E-state index is -0.472. The van der Waals surface area contributed by atoms with Crippen LogP contribution in [0, 0.1) is 5.82 Å². The third-order valence-electron chi connectivity index (χ3n) is 5.15. The van der Waals surface area contributed by atoms with E-state index in [9.17, 15) is 9.18 Å². The second kappa shape index (κ2) is 7.51. The van der Waals surface area contributed by atoms with E-state index in [1.165, 1.54) is 11.0 Å². The third-order valence-corrected chi connectivity index (χ3v) is 5.15. The van der Waals surface area contributed by atoms with Gasteiger partial charge in [0.25, 0.3) is 0 Å². The van der Waals surface area contributed by atoms with Gasteiger partial charge in [0.1, 0.15) is 11.9 Å². The first-order valence-electron chi connectivity index (χ1n) is 9.18. The highest BCUT2D eigenvalue weighted by Gasteiger charge is 2.33. The number of aromatic nitrogens is 3. The highest BCUT2D eigenvalue weighted by molar-refractivity contribution is 5.90. The number of piperidine rings is 1. The number of nitrogens with one attached hydrogen (secondary N) is 1. The Bertz CT molecular complexity index is 799. The van der Waals surface area contributed by atoms with Crippen molar-refractivity contribution in [3.63, 3.8) is 0 Å². The lowest BCUT2D eigenvalue weighted by molar-refractivity contribution is 0.129. The average Bonchev–Trinajstić information content (AvgIpc) is 3.31. The van der Waals surface area contributed by atoms with E-state index in [-0.39, 0.29) is 11.9 Å². The van der Waals surface area contributed by atoms with Crippen LogP contribution in [0.25, 0.3) is 0 Å². The summed E-state index contributed by atoms with van der Waals surface area (Å²) < 4.78 is 21.8. The standard InChI is InChI=1S/C18H23FN6O2/c1-20-13-3-2-7-23(10-13)17-5-4-14(9-16(17)19)25-12-15(27-18(25)26)11-24-8-6-21-22-24/h4-6,8-9,13,15,20H,2-3,7,10-12H2,1H3/t13?,15-/m0/s1. The van der Waals surface area contributed by atoms with E-state index >= 15 is 0 Å². The summed E-state index contributed by atoms with van der Waals surface area (Å²) in [5.41, 5.74) is 1.08. The fourth-order valence-electron chi connectivity index (χ4n) is 3.72. The molecule has 27 heavy (non-hydrogen) atoms. The topological polar surface area (TPSA) is 75.5 Å². The van der Waals surface area contributed by atoms with Crippen LogP contribution >= 0.6 is 0 Å². The molecule has 144 valence electrons. The molecule has 0 saturated carbocycles. The molecule has 2 atom stereocenters. The number of carbonyl (C=O) groups excluding carboxylic acids is 1. The van der Waals surface area contributed by atoms with E-state index in [0.717, 1.165) is 25.9 Å². The van der Waals surface area contributed by atoms with Gasteiger partial charge in [0, 0.05) is 25.3 Å². The Kier molecular flexibility index (Phi) is 4.93. The van der Waals surface area contributed by atoms with Crippen LogP contribution < -0.4 is 15.1 Å². The highest BCUT2D eigenvalue weighted by Crippen LogP contribution is 2.29. The number of carbonyl (C=O) groups is 1. The second-order valence-corrected chi connectivity index (χ2v) is 6.95. The Morgan fingerprint density at radius 1 is 1.37 bits per heavy atom. The van der Waals surface area contributed by atoms with Gasteiger partial charge in [-0.05, 0) is 38.1 Å². The average molecular weight is 374 g/mol. The lowest BCUT2D eigenvalue weighted by atomic mass is 10.0. The number of benzene rings is 1. The van der Waals surface area contributed by atoms with Crippen LogP contribution in [0.2, 0.25) is 0 Å². The van der Waals surface area contributed by atoms with Gasteiger partial charge in [0.05, 0.1) is 30.7 Å². The molecule has 0 bridgehead atoms. The Hall–Kier alpha value is -2.68. The molecule has 2 aromatic rings. The largest absolute Gasteiger partial charge is 0.442 e. The van der Waals surface area contributed by atoms with Crippen molar-refractivity contribution >= 4 is 17.5 Å². The minimum Gasteiger partial charge on any atom is -0.442 e. The van der Waals surface area contributed by atoms with Gasteiger partial charge in [-0.3, -0.25) is 4.90 Å². The van der Waals surface area contributed by atoms with Crippen molar-refractivity contribution in [1.82, 2.24) is 20.3 Å². The zero-order chi connectivity index (χ0) is 18.8. The molecule has 1 aromatic heterocycles. The Morgan fingerprint density at radius 3 is 3.00 bits per heavy atom. The zero-order valence-corrected chi connectivity index (χ0v) is 15.2. The Morgan fingerprint density at radius 2 is 2.26 bits per heavy atom. The number of hydrogen-bond acceptors (Lipinski definition) is 6. The summed E-state index contributed by atoms with van der Waals surface area (Å²) in [5.74, 6) is -0.322. The summed E-state index contributed by atoms with van der Waals surface area (Å²) >= 11 is 0. The van der Waals surface area contributed by atoms with Gasteiger partial charge in [0.15, 0.2) is 0 Å². The quantitative estimate of drug-likeness (QED) is 0.857. The molecule has 0 spiro atoms. The summed E-state index contributed by atoms with van der Waals surface area (Å²) in [6.45, 7) is 2.38. The normalized spacial score (nSPS) is 23.0. The summed E-state index contributed by atoms with van der Waals surface area (Å²) in [4.78, 5) is 15.7. The monoisotopic (exact) mass is 374 g/mol. The molecule has 4 rings (SSSR count). The van der Waals surface area contributed by atoms with Gasteiger partial charge in [-0.25, -0.2) is 13.9 Å². The number of ether oxygens (including phenoxy) is 1. The van der Waals surface area contributed by atoms with E-state index in [1.54, 1.807) is 29.2 Å². The maximum atomic E-state index is 14.8. The number of hydrogen-bond donors (Lipinski definition) is 1. The summed E-state index contributed by atoms with van der Waals surface area (Å²) in [7, 11) is 1.93. The molecule has 8 nitrogen and oxygen atoms in total. The lowest BCUT2D eigenvalue weighted by Gasteiger charge is -2.34. The van der Waals surface area contributed by atoms with Crippen molar-refractivity contribution in [3.8, 4) is 0 Å². The van der Waals surface area contributed by atoms with E-state index in [4.69, 9.17) is 4.74 Å². The predicted octanol–water partition coefficient (Wildman–Crippen LogP) is 1.63. The van der Waals surface area contributed by atoms with E-state index in [1.807, 2.05) is 7.05 Å². The molecule has 3 heterocycles. The molecule has 1 amide bonds. The molecule has 0 aliphatic carbocycles. The SMILES string of the molecule is CNC1CCCN(c2ccc(N3C[C@H](Cn4ccnn4)OC3=O)cc2F)C1. The first kappa shape index (κ1) is 17.7. The van der Waals surface area contributed by atoms with Crippen molar-refractivity contribution < 1.29 is 13.9 Å². The van der Waals surface area contributed by atoms with E-state index in [0.29, 0.717) is 30.5 Å². The van der Waals surface area contributed by atoms with Gasteiger partial charge in [-0.2, -0.15) is 0 Å².